The van der Waals surface area contributed by atoms with E-state index in [0.717, 1.165) is 5.56 Å². The van der Waals surface area contributed by atoms with Gasteiger partial charge in [0.1, 0.15) is 17.8 Å². The Labute approximate surface area is 223 Å². The van der Waals surface area contributed by atoms with Gasteiger partial charge in [0.2, 0.25) is 12.2 Å². The molecule has 0 radical (unpaired) electrons. The van der Waals surface area contributed by atoms with Crippen molar-refractivity contribution in [2.75, 3.05) is 17.7 Å². The normalized spacial score (nSPS) is 17.5. The lowest BCUT2D eigenvalue weighted by Crippen LogP contribution is -2.46. The number of hydrogen-bond acceptors (Lipinski definition) is 7. The van der Waals surface area contributed by atoms with Crippen LogP contribution in [0.3, 0.4) is 0 Å². The van der Waals surface area contributed by atoms with Crippen molar-refractivity contribution in [1.82, 2.24) is 9.88 Å². The first-order chi connectivity index (χ1) is 18.3. The second kappa shape index (κ2) is 11.9. The van der Waals surface area contributed by atoms with Gasteiger partial charge in [-0.25, -0.2) is 0 Å². The number of amides is 2. The fourth-order valence-corrected chi connectivity index (χ4v) is 4.30. The highest BCUT2D eigenvalue weighted by Crippen LogP contribution is 2.22. The highest BCUT2D eigenvalue weighted by atomic mass is 35.5. The van der Waals surface area contributed by atoms with Crippen LogP contribution in [0.1, 0.15) is 35.3 Å². The van der Waals surface area contributed by atoms with Crippen LogP contribution in [-0.2, 0) is 25.5 Å². The lowest BCUT2D eigenvalue weighted by Gasteiger charge is -2.24. The number of cyclic esters (lactones) is 1. The van der Waals surface area contributed by atoms with Crippen molar-refractivity contribution in [3.8, 4) is 0 Å². The Morgan fingerprint density at radius 2 is 1.92 bits per heavy atom. The maximum absolute atomic E-state index is 13.5. The third-order valence-electron chi connectivity index (χ3n) is 6.02. The number of hydrogen-bond donors (Lipinski definition) is 3. The van der Waals surface area contributed by atoms with Crippen LogP contribution in [0.2, 0.25) is 5.02 Å². The predicted molar refractivity (Wildman–Crippen MR) is 142 cm³/mol. The molecule has 0 spiro atoms. The maximum Gasteiger partial charge on any atom is 0.310 e. The summed E-state index contributed by atoms with van der Waals surface area (Å²) < 4.78 is 11.8. The Kier molecular flexibility index (Phi) is 8.45. The minimum Gasteiger partial charge on any atom is -0.433 e. The number of carbonyl (C=O) groups is 3. The van der Waals surface area contributed by atoms with Gasteiger partial charge >= 0.3 is 5.97 Å². The summed E-state index contributed by atoms with van der Waals surface area (Å²) in [7, 11) is 0. The lowest BCUT2D eigenvalue weighted by atomic mass is 10.0. The van der Waals surface area contributed by atoms with E-state index in [-0.39, 0.29) is 35.7 Å². The molecule has 1 unspecified atom stereocenters. The molecule has 10 nitrogen and oxygen atoms in total. The van der Waals surface area contributed by atoms with E-state index in [1.807, 2.05) is 30.3 Å². The molecule has 1 aromatic heterocycles. The molecule has 2 heterocycles. The van der Waals surface area contributed by atoms with Gasteiger partial charge in [0, 0.05) is 24.8 Å². The molecule has 4 rings (SSSR count). The highest BCUT2D eigenvalue weighted by molar-refractivity contribution is 6.33. The number of ether oxygens (including phenoxy) is 2. The molecule has 1 aliphatic heterocycles. The van der Waals surface area contributed by atoms with Gasteiger partial charge in [0.05, 0.1) is 17.1 Å². The summed E-state index contributed by atoms with van der Waals surface area (Å²) in [6.07, 6.45) is 0.687. The van der Waals surface area contributed by atoms with E-state index in [4.69, 9.17) is 26.8 Å². The molecule has 3 aromatic rings. The number of nitrogens with two attached hydrogens (primary N) is 1. The number of nitrogens with one attached hydrogen (secondary N) is 2. The number of anilines is 2. The molecule has 0 saturated carbocycles. The smallest absolute Gasteiger partial charge is 0.310 e. The zero-order valence-corrected chi connectivity index (χ0v) is 21.3. The number of esters is 1. The Bertz CT molecular complexity index is 1390. The van der Waals surface area contributed by atoms with Crippen LogP contribution in [-0.4, -0.2) is 41.3 Å². The number of halogens is 1. The molecule has 0 aliphatic carbocycles. The molecule has 11 heteroatoms. The van der Waals surface area contributed by atoms with Crippen molar-refractivity contribution < 1.29 is 23.9 Å². The van der Waals surface area contributed by atoms with Gasteiger partial charge in [0.25, 0.3) is 11.5 Å². The fourth-order valence-electron chi connectivity index (χ4n) is 4.12. The van der Waals surface area contributed by atoms with Crippen LogP contribution >= 0.6 is 11.6 Å². The average molecular weight is 539 g/mol. The Balaban J connectivity index is 1.63. The first-order valence-electron chi connectivity index (χ1n) is 12.0. The second-order valence-electron chi connectivity index (χ2n) is 8.66. The number of aromatic nitrogens is 1. The highest BCUT2D eigenvalue weighted by Gasteiger charge is 2.38. The molecule has 1 fully saturated rings. The molecular formula is C27H27ClN4O6. The van der Waals surface area contributed by atoms with Gasteiger partial charge < -0.3 is 30.4 Å². The SMILES string of the molecule is CCO[C@@H]1OC(=O)C[C@@H]1NC(=O)C(Cc1ccccc1)n1cccc(NC(=O)c2ccc(N)c(Cl)c2)c1=O. The molecule has 1 saturated heterocycles. The molecule has 198 valence electrons. The summed E-state index contributed by atoms with van der Waals surface area (Å²) in [6, 6.07) is 14.9. The Morgan fingerprint density at radius 3 is 2.63 bits per heavy atom. The molecule has 1 aliphatic rings. The third kappa shape index (κ3) is 6.21. The van der Waals surface area contributed by atoms with Crippen LogP contribution in [0.25, 0.3) is 0 Å². The number of carbonyl (C=O) groups excluding carboxylic acids is 3. The fraction of sp³-hybridized carbons (Fsp3) is 0.259. The average Bonchev–Trinajstić information content (AvgIpc) is 3.24. The quantitative estimate of drug-likeness (QED) is 0.281. The maximum atomic E-state index is 13.5. The molecule has 2 aromatic carbocycles. The predicted octanol–water partition coefficient (Wildman–Crippen LogP) is 2.91. The van der Waals surface area contributed by atoms with Crippen LogP contribution in [0.4, 0.5) is 11.4 Å². The summed E-state index contributed by atoms with van der Waals surface area (Å²) >= 11 is 6.03. The minimum atomic E-state index is -0.995. The van der Waals surface area contributed by atoms with Gasteiger partial charge in [-0.1, -0.05) is 41.9 Å². The zero-order chi connectivity index (χ0) is 27.2. The van der Waals surface area contributed by atoms with Crippen molar-refractivity contribution in [2.24, 2.45) is 0 Å². The van der Waals surface area contributed by atoms with Crippen molar-refractivity contribution in [3.63, 3.8) is 0 Å². The summed E-state index contributed by atoms with van der Waals surface area (Å²) in [4.78, 5) is 51.6. The molecular weight excluding hydrogens is 512 g/mol. The van der Waals surface area contributed by atoms with Crippen LogP contribution < -0.4 is 21.9 Å². The molecule has 0 bridgehead atoms. The number of nitrogen functional groups attached to an aromatic ring is 1. The largest absolute Gasteiger partial charge is 0.433 e. The first kappa shape index (κ1) is 26.9. The zero-order valence-electron chi connectivity index (χ0n) is 20.6. The van der Waals surface area contributed by atoms with E-state index in [1.54, 1.807) is 13.0 Å². The molecule has 4 N–H and O–H groups in total. The Morgan fingerprint density at radius 1 is 1.16 bits per heavy atom. The van der Waals surface area contributed by atoms with E-state index >= 15 is 0 Å². The minimum absolute atomic E-state index is 0.0251. The van der Waals surface area contributed by atoms with E-state index in [9.17, 15) is 19.2 Å². The molecule has 2 amide bonds. The lowest BCUT2D eigenvalue weighted by molar-refractivity contribution is -0.164. The van der Waals surface area contributed by atoms with Crippen molar-refractivity contribution in [1.29, 1.82) is 0 Å². The van der Waals surface area contributed by atoms with Gasteiger partial charge in [0.15, 0.2) is 0 Å². The first-order valence-corrected chi connectivity index (χ1v) is 12.4. The number of nitrogens with zero attached hydrogens (tertiary/aromatic N) is 1. The standard InChI is InChI=1S/C27H27ClN4O6/c1-2-37-27-21(15-23(33)38-27)31-25(35)22(13-16-7-4-3-5-8-16)32-12-6-9-20(26(32)36)30-24(34)17-10-11-19(29)18(28)14-17/h3-12,14,21-22,27H,2,13,15,29H2,1H3,(H,30,34)(H,31,35)/t21-,22?,27+/m0/s1. The van der Waals surface area contributed by atoms with E-state index < -0.39 is 41.7 Å². The van der Waals surface area contributed by atoms with Crippen molar-refractivity contribution in [2.45, 2.75) is 38.1 Å². The number of benzene rings is 2. The monoisotopic (exact) mass is 538 g/mol. The van der Waals surface area contributed by atoms with Gasteiger partial charge in [-0.15, -0.1) is 0 Å². The molecule has 38 heavy (non-hydrogen) atoms. The van der Waals surface area contributed by atoms with Gasteiger partial charge in [-0.2, -0.15) is 0 Å². The topological polar surface area (TPSA) is 142 Å². The summed E-state index contributed by atoms with van der Waals surface area (Å²) in [6.45, 7) is 2.04. The summed E-state index contributed by atoms with van der Waals surface area (Å²) in [5.74, 6) is -1.55. The Hall–Kier alpha value is -4.15. The number of pyridine rings is 1. The van der Waals surface area contributed by atoms with E-state index in [0.29, 0.717) is 5.69 Å². The van der Waals surface area contributed by atoms with Crippen molar-refractivity contribution in [3.05, 3.63) is 93.4 Å². The third-order valence-corrected chi connectivity index (χ3v) is 6.34. The van der Waals surface area contributed by atoms with Gasteiger partial charge in [-0.05, 0) is 42.8 Å². The van der Waals surface area contributed by atoms with Crippen molar-refractivity contribution >= 4 is 40.8 Å². The van der Waals surface area contributed by atoms with E-state index in [2.05, 4.69) is 10.6 Å². The van der Waals surface area contributed by atoms with Crippen LogP contribution in [0.15, 0.2) is 71.7 Å². The van der Waals surface area contributed by atoms with Gasteiger partial charge in [-0.3, -0.25) is 19.2 Å². The second-order valence-corrected chi connectivity index (χ2v) is 9.07. The summed E-state index contributed by atoms with van der Waals surface area (Å²) in [5.41, 5.74) is 6.45. The number of rotatable bonds is 9. The summed E-state index contributed by atoms with van der Waals surface area (Å²) in [5, 5.41) is 5.60. The van der Waals surface area contributed by atoms with E-state index in [1.165, 1.54) is 35.0 Å². The van der Waals surface area contributed by atoms with Crippen LogP contribution in [0.5, 0.6) is 0 Å². The van der Waals surface area contributed by atoms with Crippen LogP contribution in [0, 0.1) is 0 Å². The molecule has 3 atom stereocenters.